The summed E-state index contributed by atoms with van der Waals surface area (Å²) in [6.45, 7) is 5.75. The molecule has 0 saturated heterocycles. The summed E-state index contributed by atoms with van der Waals surface area (Å²) in [4.78, 5) is 25.9. The Morgan fingerprint density at radius 2 is 1.84 bits per heavy atom. The summed E-state index contributed by atoms with van der Waals surface area (Å²) < 4.78 is 5.33. The van der Waals surface area contributed by atoms with E-state index in [1.165, 1.54) is 11.8 Å². The Kier molecular flexibility index (Phi) is 6.17. The van der Waals surface area contributed by atoms with Gasteiger partial charge in [-0.1, -0.05) is 30.3 Å². The van der Waals surface area contributed by atoms with Gasteiger partial charge in [-0.15, -0.1) is 0 Å². The van der Waals surface area contributed by atoms with Crippen molar-refractivity contribution in [2.24, 2.45) is 0 Å². The molecule has 0 aliphatic carbocycles. The largest absolute Gasteiger partial charge is 0.495 e. The predicted molar refractivity (Wildman–Crippen MR) is 98.8 cm³/mol. The van der Waals surface area contributed by atoms with Crippen LogP contribution in [0.15, 0.2) is 42.5 Å². The Morgan fingerprint density at radius 1 is 1.12 bits per heavy atom. The van der Waals surface area contributed by atoms with Crippen LogP contribution in [0.2, 0.25) is 0 Å². The number of aryl methyl sites for hydroxylation is 2. The molecule has 25 heavy (non-hydrogen) atoms. The van der Waals surface area contributed by atoms with Crippen molar-refractivity contribution in [3.05, 3.63) is 59.2 Å². The van der Waals surface area contributed by atoms with Crippen LogP contribution in [0.25, 0.3) is 0 Å². The SMILES string of the molecule is COc1ccc(C)cc1N(CC(=O)NCc1ccccc1C)C(C)=O. The van der Waals surface area contributed by atoms with Crippen molar-refractivity contribution in [3.8, 4) is 5.75 Å². The molecule has 2 aromatic carbocycles. The van der Waals surface area contributed by atoms with Gasteiger partial charge in [-0.05, 0) is 42.7 Å². The molecular weight excluding hydrogens is 316 g/mol. The predicted octanol–water partition coefficient (Wildman–Crippen LogP) is 2.98. The van der Waals surface area contributed by atoms with Gasteiger partial charge in [0.2, 0.25) is 11.8 Å². The van der Waals surface area contributed by atoms with Gasteiger partial charge in [-0.25, -0.2) is 0 Å². The van der Waals surface area contributed by atoms with E-state index in [2.05, 4.69) is 5.32 Å². The van der Waals surface area contributed by atoms with Crippen molar-refractivity contribution >= 4 is 17.5 Å². The van der Waals surface area contributed by atoms with Gasteiger partial charge in [-0.3, -0.25) is 14.5 Å². The van der Waals surface area contributed by atoms with Crippen LogP contribution in [-0.2, 0) is 16.1 Å². The number of ether oxygens (including phenoxy) is 1. The van der Waals surface area contributed by atoms with Crippen LogP contribution in [0.5, 0.6) is 5.75 Å². The van der Waals surface area contributed by atoms with Crippen molar-refractivity contribution in [3.63, 3.8) is 0 Å². The summed E-state index contributed by atoms with van der Waals surface area (Å²) >= 11 is 0. The zero-order chi connectivity index (χ0) is 18.4. The third-order valence-corrected chi connectivity index (χ3v) is 4.04. The van der Waals surface area contributed by atoms with Crippen LogP contribution in [0, 0.1) is 13.8 Å². The molecule has 0 fully saturated rings. The molecule has 0 radical (unpaired) electrons. The normalized spacial score (nSPS) is 10.2. The van der Waals surface area contributed by atoms with Crippen molar-refractivity contribution in [1.82, 2.24) is 5.32 Å². The standard InChI is InChI=1S/C20H24N2O3/c1-14-9-10-19(25-4)18(11-14)22(16(3)23)13-20(24)21-12-17-8-6-5-7-15(17)2/h5-11H,12-13H2,1-4H3,(H,21,24). The van der Waals surface area contributed by atoms with E-state index in [1.807, 2.05) is 50.2 Å². The van der Waals surface area contributed by atoms with Gasteiger partial charge in [0.25, 0.3) is 0 Å². The summed E-state index contributed by atoms with van der Waals surface area (Å²) in [6, 6.07) is 13.4. The van der Waals surface area contributed by atoms with Crippen LogP contribution >= 0.6 is 0 Å². The number of hydrogen-bond acceptors (Lipinski definition) is 3. The molecule has 0 saturated carbocycles. The Labute approximate surface area is 148 Å². The second kappa shape index (κ2) is 8.33. The number of nitrogens with one attached hydrogen (secondary N) is 1. The third-order valence-electron chi connectivity index (χ3n) is 4.04. The highest BCUT2D eigenvalue weighted by Crippen LogP contribution is 2.29. The number of rotatable bonds is 6. The zero-order valence-corrected chi connectivity index (χ0v) is 15.1. The van der Waals surface area contributed by atoms with Gasteiger partial charge in [0.1, 0.15) is 12.3 Å². The Morgan fingerprint density at radius 3 is 2.48 bits per heavy atom. The number of benzene rings is 2. The Balaban J connectivity index is 2.11. The molecule has 0 heterocycles. The Bertz CT molecular complexity index is 771. The molecule has 0 bridgehead atoms. The van der Waals surface area contributed by atoms with Crippen LogP contribution in [0.3, 0.4) is 0 Å². The zero-order valence-electron chi connectivity index (χ0n) is 15.1. The first-order valence-corrected chi connectivity index (χ1v) is 8.16. The van der Waals surface area contributed by atoms with E-state index in [0.717, 1.165) is 16.7 Å². The average molecular weight is 340 g/mol. The maximum absolute atomic E-state index is 12.4. The molecule has 0 spiro atoms. The molecule has 0 aliphatic heterocycles. The molecule has 2 amide bonds. The molecule has 5 heteroatoms. The second-order valence-electron chi connectivity index (χ2n) is 5.98. The number of amides is 2. The highest BCUT2D eigenvalue weighted by Gasteiger charge is 2.19. The lowest BCUT2D eigenvalue weighted by molar-refractivity contribution is -0.123. The van der Waals surface area contributed by atoms with E-state index in [4.69, 9.17) is 4.74 Å². The van der Waals surface area contributed by atoms with Crippen molar-refractivity contribution in [2.45, 2.75) is 27.3 Å². The maximum Gasteiger partial charge on any atom is 0.240 e. The van der Waals surface area contributed by atoms with E-state index in [0.29, 0.717) is 18.0 Å². The van der Waals surface area contributed by atoms with E-state index in [-0.39, 0.29) is 18.4 Å². The van der Waals surface area contributed by atoms with Crippen LogP contribution in [-0.4, -0.2) is 25.5 Å². The molecule has 132 valence electrons. The number of nitrogens with zero attached hydrogens (tertiary/aromatic N) is 1. The fourth-order valence-electron chi connectivity index (χ4n) is 2.58. The van der Waals surface area contributed by atoms with Gasteiger partial charge in [0, 0.05) is 13.5 Å². The van der Waals surface area contributed by atoms with Crippen molar-refractivity contribution in [1.29, 1.82) is 0 Å². The summed E-state index contributed by atoms with van der Waals surface area (Å²) in [5.74, 6) is 0.129. The monoisotopic (exact) mass is 340 g/mol. The highest BCUT2D eigenvalue weighted by molar-refractivity contribution is 5.98. The third kappa shape index (κ3) is 4.83. The molecule has 0 aromatic heterocycles. The lowest BCUT2D eigenvalue weighted by atomic mass is 10.1. The topological polar surface area (TPSA) is 58.6 Å². The van der Waals surface area contributed by atoms with Crippen LogP contribution in [0.1, 0.15) is 23.6 Å². The summed E-state index contributed by atoms with van der Waals surface area (Å²) in [5.41, 5.74) is 3.76. The second-order valence-corrected chi connectivity index (χ2v) is 5.98. The van der Waals surface area contributed by atoms with E-state index in [9.17, 15) is 9.59 Å². The minimum absolute atomic E-state index is 0.0545. The van der Waals surface area contributed by atoms with E-state index < -0.39 is 0 Å². The molecule has 0 aliphatic rings. The lowest BCUT2D eigenvalue weighted by Gasteiger charge is -2.23. The van der Waals surface area contributed by atoms with E-state index in [1.54, 1.807) is 13.2 Å². The first kappa shape index (κ1) is 18.5. The first-order chi connectivity index (χ1) is 11.9. The molecule has 5 nitrogen and oxygen atoms in total. The fourth-order valence-corrected chi connectivity index (χ4v) is 2.58. The van der Waals surface area contributed by atoms with Gasteiger partial charge in [0.15, 0.2) is 0 Å². The number of carbonyl (C=O) groups is 2. The molecule has 2 aromatic rings. The lowest BCUT2D eigenvalue weighted by Crippen LogP contribution is -2.39. The van der Waals surface area contributed by atoms with Crippen LogP contribution < -0.4 is 15.0 Å². The number of carbonyl (C=O) groups excluding carboxylic acids is 2. The van der Waals surface area contributed by atoms with Crippen molar-refractivity contribution < 1.29 is 14.3 Å². The highest BCUT2D eigenvalue weighted by atomic mass is 16.5. The van der Waals surface area contributed by atoms with Gasteiger partial charge in [-0.2, -0.15) is 0 Å². The van der Waals surface area contributed by atoms with Gasteiger partial charge >= 0.3 is 0 Å². The maximum atomic E-state index is 12.4. The number of hydrogen-bond donors (Lipinski definition) is 1. The minimum atomic E-state index is -0.220. The summed E-state index contributed by atoms with van der Waals surface area (Å²) in [5, 5.41) is 2.87. The van der Waals surface area contributed by atoms with Gasteiger partial charge < -0.3 is 10.1 Å². The molecule has 0 unspecified atom stereocenters. The molecule has 1 N–H and O–H groups in total. The van der Waals surface area contributed by atoms with Crippen molar-refractivity contribution in [2.75, 3.05) is 18.6 Å². The summed E-state index contributed by atoms with van der Waals surface area (Å²) in [7, 11) is 1.55. The van der Waals surface area contributed by atoms with E-state index >= 15 is 0 Å². The number of methoxy groups -OCH3 is 1. The Hall–Kier alpha value is -2.82. The molecule has 2 rings (SSSR count). The first-order valence-electron chi connectivity index (χ1n) is 8.16. The minimum Gasteiger partial charge on any atom is -0.495 e. The quantitative estimate of drug-likeness (QED) is 0.879. The fraction of sp³-hybridized carbons (Fsp3) is 0.300. The number of anilines is 1. The van der Waals surface area contributed by atoms with Crippen LogP contribution in [0.4, 0.5) is 5.69 Å². The molecular formula is C20H24N2O3. The van der Waals surface area contributed by atoms with Gasteiger partial charge in [0.05, 0.1) is 12.8 Å². The smallest absolute Gasteiger partial charge is 0.240 e. The summed E-state index contributed by atoms with van der Waals surface area (Å²) in [6.07, 6.45) is 0. The average Bonchev–Trinajstić information content (AvgIpc) is 2.58. The molecule has 0 atom stereocenters.